The molecule has 0 spiro atoms. The first-order valence-electron chi connectivity index (χ1n) is 15.2. The van der Waals surface area contributed by atoms with Gasteiger partial charge in [-0.2, -0.15) is 0 Å². The van der Waals surface area contributed by atoms with E-state index in [1.54, 1.807) is 18.2 Å². The molecule has 2 aliphatic rings. The van der Waals surface area contributed by atoms with E-state index in [0.29, 0.717) is 50.6 Å². The fraction of sp³-hybridized carbons (Fsp3) is 0.441. The van der Waals surface area contributed by atoms with Gasteiger partial charge in [0.25, 0.3) is 0 Å². The van der Waals surface area contributed by atoms with Crippen LogP contribution in [0.2, 0.25) is 0 Å². The van der Waals surface area contributed by atoms with Crippen LogP contribution in [0.4, 0.5) is 4.39 Å². The van der Waals surface area contributed by atoms with Crippen LogP contribution in [0.1, 0.15) is 30.9 Å². The standard InChI is InChI=1S/C34H43FN4O3/c1-2-42-32-10-6-9-31(35)30(32)24-38-19-21-39(22-20-38)34(41)33(36)26-13-16-37(17-14-26)18-15-27-23-28(40)11-12-29(27)25-7-4-3-5-8-25/h3-12,23,26,33,40H,2,13-22,24,36H2,1H3/t33-/m1/s1. The van der Waals surface area contributed by atoms with Crippen molar-refractivity contribution in [2.45, 2.75) is 38.8 Å². The van der Waals surface area contributed by atoms with Gasteiger partial charge in [-0.25, -0.2) is 4.39 Å². The topological polar surface area (TPSA) is 82.3 Å². The Kier molecular flexibility index (Phi) is 10.1. The van der Waals surface area contributed by atoms with Crippen molar-refractivity contribution in [1.29, 1.82) is 0 Å². The monoisotopic (exact) mass is 574 g/mol. The third kappa shape index (κ3) is 7.30. The zero-order chi connectivity index (χ0) is 29.5. The normalized spacial score (nSPS) is 17.7. The molecule has 224 valence electrons. The summed E-state index contributed by atoms with van der Waals surface area (Å²) in [4.78, 5) is 19.8. The summed E-state index contributed by atoms with van der Waals surface area (Å²) in [6.45, 7) is 8.10. The van der Waals surface area contributed by atoms with Crippen LogP contribution in [-0.4, -0.2) is 84.2 Å². The Hall–Kier alpha value is -3.46. The number of likely N-dealkylation sites (tertiary alicyclic amines) is 1. The molecular weight excluding hydrogens is 531 g/mol. The molecule has 0 bridgehead atoms. The van der Waals surface area contributed by atoms with E-state index >= 15 is 0 Å². The van der Waals surface area contributed by atoms with Gasteiger partial charge in [-0.3, -0.25) is 9.69 Å². The minimum absolute atomic E-state index is 0.0289. The second-order valence-corrected chi connectivity index (χ2v) is 11.4. The van der Waals surface area contributed by atoms with Gasteiger partial charge in [-0.05, 0) is 86.1 Å². The molecule has 2 aliphatic heterocycles. The van der Waals surface area contributed by atoms with E-state index < -0.39 is 6.04 Å². The molecule has 0 radical (unpaired) electrons. The summed E-state index contributed by atoms with van der Waals surface area (Å²) in [5.41, 5.74) is 10.6. The van der Waals surface area contributed by atoms with E-state index in [1.807, 2.05) is 42.2 Å². The number of rotatable bonds is 10. The van der Waals surface area contributed by atoms with E-state index in [2.05, 4.69) is 21.9 Å². The van der Waals surface area contributed by atoms with Gasteiger partial charge < -0.3 is 25.4 Å². The number of hydrogen-bond acceptors (Lipinski definition) is 6. The van der Waals surface area contributed by atoms with Crippen LogP contribution in [0.25, 0.3) is 11.1 Å². The van der Waals surface area contributed by atoms with Crippen LogP contribution in [0, 0.1) is 11.7 Å². The molecule has 2 heterocycles. The Morgan fingerprint density at radius 3 is 2.43 bits per heavy atom. The number of ether oxygens (including phenoxy) is 1. The molecule has 0 saturated carbocycles. The fourth-order valence-corrected chi connectivity index (χ4v) is 6.25. The SMILES string of the molecule is CCOc1cccc(F)c1CN1CCN(C(=O)[C@H](N)C2CCN(CCc3cc(O)ccc3-c3ccccc3)CC2)CC1. The molecule has 5 rings (SSSR count). The quantitative estimate of drug-likeness (QED) is 0.371. The molecule has 42 heavy (non-hydrogen) atoms. The molecule has 0 aromatic heterocycles. The van der Waals surface area contributed by atoms with Crippen molar-refractivity contribution in [2.75, 3.05) is 52.4 Å². The Labute approximate surface area is 248 Å². The number of amides is 1. The predicted molar refractivity (Wildman–Crippen MR) is 164 cm³/mol. The number of halogens is 1. The van der Waals surface area contributed by atoms with Gasteiger partial charge in [0.05, 0.1) is 12.6 Å². The zero-order valence-corrected chi connectivity index (χ0v) is 24.6. The van der Waals surface area contributed by atoms with Crippen LogP contribution in [-0.2, 0) is 17.8 Å². The number of piperazine rings is 1. The third-order valence-corrected chi connectivity index (χ3v) is 8.74. The lowest BCUT2D eigenvalue weighted by Gasteiger charge is -2.39. The highest BCUT2D eigenvalue weighted by molar-refractivity contribution is 5.82. The van der Waals surface area contributed by atoms with Crippen molar-refractivity contribution in [3.8, 4) is 22.6 Å². The van der Waals surface area contributed by atoms with Crippen LogP contribution >= 0.6 is 0 Å². The minimum atomic E-state index is -0.495. The number of nitrogens with zero attached hydrogens (tertiary/aromatic N) is 3. The van der Waals surface area contributed by atoms with E-state index in [1.165, 1.54) is 6.07 Å². The van der Waals surface area contributed by atoms with Crippen molar-refractivity contribution < 1.29 is 19.0 Å². The number of carbonyl (C=O) groups excluding carboxylic acids is 1. The van der Waals surface area contributed by atoms with Crippen LogP contribution in [0.5, 0.6) is 11.5 Å². The van der Waals surface area contributed by atoms with Gasteiger partial charge in [0.2, 0.25) is 5.91 Å². The molecule has 1 amide bonds. The average molecular weight is 575 g/mol. The molecule has 3 aromatic rings. The fourth-order valence-electron chi connectivity index (χ4n) is 6.25. The molecule has 2 saturated heterocycles. The molecule has 2 fully saturated rings. The van der Waals surface area contributed by atoms with Crippen LogP contribution in [0.15, 0.2) is 66.7 Å². The maximum atomic E-state index is 14.5. The second kappa shape index (κ2) is 14.1. The summed E-state index contributed by atoms with van der Waals surface area (Å²) in [5.74, 6) is 0.811. The number of piperidine rings is 1. The second-order valence-electron chi connectivity index (χ2n) is 11.4. The summed E-state index contributed by atoms with van der Waals surface area (Å²) in [6.07, 6.45) is 2.63. The number of carbonyl (C=O) groups is 1. The lowest BCUT2D eigenvalue weighted by atomic mass is 9.88. The van der Waals surface area contributed by atoms with E-state index in [4.69, 9.17) is 10.5 Å². The smallest absolute Gasteiger partial charge is 0.239 e. The van der Waals surface area contributed by atoms with E-state index in [0.717, 1.165) is 55.6 Å². The van der Waals surface area contributed by atoms with Gasteiger partial charge >= 0.3 is 0 Å². The number of hydrogen-bond donors (Lipinski definition) is 2. The first-order valence-corrected chi connectivity index (χ1v) is 15.2. The van der Waals surface area contributed by atoms with Crippen molar-refractivity contribution in [3.05, 3.63) is 83.7 Å². The summed E-state index contributed by atoms with van der Waals surface area (Å²) < 4.78 is 20.1. The first-order chi connectivity index (χ1) is 20.4. The van der Waals surface area contributed by atoms with Crippen LogP contribution in [0.3, 0.4) is 0 Å². The maximum absolute atomic E-state index is 14.5. The predicted octanol–water partition coefficient (Wildman–Crippen LogP) is 4.52. The minimum Gasteiger partial charge on any atom is -0.508 e. The Bertz CT molecular complexity index is 1320. The molecule has 1 atom stereocenters. The molecule has 8 heteroatoms. The Morgan fingerprint density at radius 1 is 0.976 bits per heavy atom. The largest absolute Gasteiger partial charge is 0.508 e. The molecular formula is C34H43FN4O3. The number of benzene rings is 3. The lowest BCUT2D eigenvalue weighted by Crippen LogP contribution is -2.55. The van der Waals surface area contributed by atoms with Gasteiger partial charge in [-0.1, -0.05) is 42.5 Å². The highest BCUT2D eigenvalue weighted by Crippen LogP contribution is 2.29. The van der Waals surface area contributed by atoms with E-state index in [9.17, 15) is 14.3 Å². The number of aromatic hydroxyl groups is 1. The van der Waals surface area contributed by atoms with Gasteiger partial charge in [0.15, 0.2) is 0 Å². The number of phenols is 1. The van der Waals surface area contributed by atoms with Crippen molar-refractivity contribution in [3.63, 3.8) is 0 Å². The third-order valence-electron chi connectivity index (χ3n) is 8.74. The molecule has 0 unspecified atom stereocenters. The number of phenolic OH excluding ortho intramolecular Hbond substituents is 1. The van der Waals surface area contributed by atoms with Crippen molar-refractivity contribution >= 4 is 5.91 Å². The molecule has 0 aliphatic carbocycles. The van der Waals surface area contributed by atoms with Gasteiger partial charge in [0.1, 0.15) is 17.3 Å². The van der Waals surface area contributed by atoms with Gasteiger partial charge in [0, 0.05) is 44.8 Å². The molecule has 7 nitrogen and oxygen atoms in total. The first kappa shape index (κ1) is 30.0. The Morgan fingerprint density at radius 2 is 1.71 bits per heavy atom. The summed E-state index contributed by atoms with van der Waals surface area (Å²) in [7, 11) is 0. The molecule has 3 N–H and O–H groups in total. The maximum Gasteiger partial charge on any atom is 0.239 e. The zero-order valence-electron chi connectivity index (χ0n) is 24.6. The Balaban J connectivity index is 1.08. The summed E-state index contributed by atoms with van der Waals surface area (Å²) >= 11 is 0. The van der Waals surface area contributed by atoms with Gasteiger partial charge in [-0.15, -0.1) is 0 Å². The highest BCUT2D eigenvalue weighted by atomic mass is 19.1. The van der Waals surface area contributed by atoms with E-state index in [-0.39, 0.29) is 23.4 Å². The highest BCUT2D eigenvalue weighted by Gasteiger charge is 2.33. The van der Waals surface area contributed by atoms with Crippen LogP contribution < -0.4 is 10.5 Å². The van der Waals surface area contributed by atoms with Crippen molar-refractivity contribution in [2.24, 2.45) is 11.7 Å². The number of nitrogens with two attached hydrogens (primary N) is 1. The lowest BCUT2D eigenvalue weighted by molar-refractivity contribution is -0.136. The summed E-state index contributed by atoms with van der Waals surface area (Å²) in [5, 5.41) is 10.1. The summed E-state index contributed by atoms with van der Waals surface area (Å²) in [6, 6.07) is 20.3. The van der Waals surface area contributed by atoms with Crippen molar-refractivity contribution in [1.82, 2.24) is 14.7 Å². The molecule has 3 aromatic carbocycles. The average Bonchev–Trinajstić information content (AvgIpc) is 3.02.